The average Bonchev–Trinajstić information content (AvgIpc) is 2.62. The number of halogens is 5. The minimum Gasteiger partial charge on any atom is -0.403 e. The van der Waals surface area contributed by atoms with Crippen molar-refractivity contribution in [2.24, 2.45) is 10.7 Å². The molecular weight excluding hydrogens is 359 g/mol. The highest BCUT2D eigenvalue weighted by atomic mass is 19.2. The molecule has 11 heteroatoms. The molecule has 138 valence electrons. The predicted molar refractivity (Wildman–Crippen MR) is 85.9 cm³/mol. The maximum absolute atomic E-state index is 13.8. The Morgan fingerprint density at radius 1 is 1.15 bits per heavy atom. The van der Waals surface area contributed by atoms with Gasteiger partial charge < -0.3 is 16.4 Å². The summed E-state index contributed by atoms with van der Waals surface area (Å²) in [6, 6.07) is 0.0808. The van der Waals surface area contributed by atoms with Gasteiger partial charge in [0, 0.05) is 37.6 Å². The van der Waals surface area contributed by atoms with E-state index in [2.05, 4.69) is 25.6 Å². The van der Waals surface area contributed by atoms with Crippen molar-refractivity contribution in [2.75, 3.05) is 17.7 Å². The van der Waals surface area contributed by atoms with E-state index < -0.39 is 47.0 Å². The minimum atomic E-state index is -1.59. The van der Waals surface area contributed by atoms with Crippen LogP contribution in [0, 0.1) is 29.1 Å². The van der Waals surface area contributed by atoms with Gasteiger partial charge in [-0.05, 0) is 0 Å². The third kappa shape index (κ3) is 4.23. The van der Waals surface area contributed by atoms with Gasteiger partial charge >= 0.3 is 0 Å². The Kier molecular flexibility index (Phi) is 6.04. The van der Waals surface area contributed by atoms with Crippen LogP contribution < -0.4 is 16.4 Å². The molecule has 26 heavy (non-hydrogen) atoms. The van der Waals surface area contributed by atoms with Crippen molar-refractivity contribution in [1.29, 1.82) is 0 Å². The largest absolute Gasteiger partial charge is 0.403 e. The highest BCUT2D eigenvalue weighted by Gasteiger charge is 2.19. The van der Waals surface area contributed by atoms with Crippen molar-refractivity contribution in [2.45, 2.75) is 6.54 Å². The van der Waals surface area contributed by atoms with Gasteiger partial charge in [0.15, 0.2) is 34.9 Å². The Morgan fingerprint density at radius 3 is 2.38 bits per heavy atom. The van der Waals surface area contributed by atoms with Crippen molar-refractivity contribution in [1.82, 2.24) is 9.97 Å². The van der Waals surface area contributed by atoms with E-state index in [0.29, 0.717) is 5.70 Å². The van der Waals surface area contributed by atoms with Gasteiger partial charge in [-0.15, -0.1) is 0 Å². The summed E-state index contributed by atoms with van der Waals surface area (Å²) in [5.74, 6) is -7.80. The first kappa shape index (κ1) is 19.1. The molecule has 6 nitrogen and oxygen atoms in total. The van der Waals surface area contributed by atoms with Gasteiger partial charge in [-0.2, -0.15) is 4.98 Å². The van der Waals surface area contributed by atoms with Gasteiger partial charge in [0.25, 0.3) is 0 Å². The SMILES string of the molecule is CN=C/C(=C\N)Nc1ncc(F)c(NCc2c(F)c(F)cc(F)c2F)n1. The lowest BCUT2D eigenvalue weighted by Crippen LogP contribution is -2.12. The van der Waals surface area contributed by atoms with Crippen LogP contribution in [0.4, 0.5) is 33.7 Å². The normalized spacial score (nSPS) is 11.8. The minimum absolute atomic E-state index is 0.0808. The Labute approximate surface area is 144 Å². The third-order valence-electron chi connectivity index (χ3n) is 3.08. The maximum Gasteiger partial charge on any atom is 0.229 e. The monoisotopic (exact) mass is 372 g/mol. The molecule has 0 bridgehead atoms. The van der Waals surface area contributed by atoms with Gasteiger partial charge in [-0.1, -0.05) is 0 Å². The fraction of sp³-hybridized carbons (Fsp3) is 0.133. The fourth-order valence-corrected chi connectivity index (χ4v) is 1.89. The molecule has 4 N–H and O–H groups in total. The van der Waals surface area contributed by atoms with Crippen molar-refractivity contribution in [3.05, 3.63) is 58.8 Å². The molecule has 0 spiro atoms. The van der Waals surface area contributed by atoms with E-state index in [4.69, 9.17) is 5.73 Å². The molecule has 0 saturated heterocycles. The zero-order valence-electron chi connectivity index (χ0n) is 13.3. The molecule has 1 aromatic heterocycles. The Balaban J connectivity index is 2.24. The summed E-state index contributed by atoms with van der Waals surface area (Å²) in [5.41, 5.74) is 4.72. The van der Waals surface area contributed by atoms with E-state index in [0.717, 1.165) is 12.4 Å². The smallest absolute Gasteiger partial charge is 0.229 e. The lowest BCUT2D eigenvalue weighted by atomic mass is 10.2. The zero-order valence-corrected chi connectivity index (χ0v) is 13.3. The molecule has 1 aromatic carbocycles. The molecule has 1 heterocycles. The van der Waals surface area contributed by atoms with Crippen LogP contribution in [0.3, 0.4) is 0 Å². The lowest BCUT2D eigenvalue weighted by Gasteiger charge is -2.11. The van der Waals surface area contributed by atoms with E-state index in [1.165, 1.54) is 13.3 Å². The Bertz CT molecular complexity index is 842. The quantitative estimate of drug-likeness (QED) is 0.412. The van der Waals surface area contributed by atoms with Gasteiger partial charge in [0.05, 0.1) is 11.9 Å². The number of nitrogens with one attached hydrogen (secondary N) is 2. The molecule has 2 aromatic rings. The summed E-state index contributed by atoms with van der Waals surface area (Å²) in [6.07, 6.45) is 3.29. The Morgan fingerprint density at radius 2 is 1.81 bits per heavy atom. The summed E-state index contributed by atoms with van der Waals surface area (Å²) in [7, 11) is 1.49. The molecule has 2 rings (SSSR count). The summed E-state index contributed by atoms with van der Waals surface area (Å²) >= 11 is 0. The highest BCUT2D eigenvalue weighted by molar-refractivity contribution is 5.81. The number of hydrogen-bond acceptors (Lipinski definition) is 6. The molecule has 0 unspecified atom stereocenters. The molecule has 0 aliphatic heterocycles. The number of aliphatic imine (C=N–C) groups is 1. The van der Waals surface area contributed by atoms with Crippen molar-refractivity contribution in [3.63, 3.8) is 0 Å². The summed E-state index contributed by atoms with van der Waals surface area (Å²) < 4.78 is 67.4. The second kappa shape index (κ2) is 8.23. The van der Waals surface area contributed by atoms with Crippen LogP contribution in [-0.4, -0.2) is 23.2 Å². The number of nitrogens with two attached hydrogens (primary N) is 1. The molecular formula is C15H13F5N6. The maximum atomic E-state index is 13.8. The number of rotatable bonds is 6. The van der Waals surface area contributed by atoms with Crippen LogP contribution >= 0.6 is 0 Å². The van der Waals surface area contributed by atoms with Gasteiger partial charge in [0.1, 0.15) is 0 Å². The van der Waals surface area contributed by atoms with E-state index in [1.807, 2.05) is 0 Å². The van der Waals surface area contributed by atoms with Crippen LogP contribution in [0.5, 0.6) is 0 Å². The molecule has 0 radical (unpaired) electrons. The number of aromatic nitrogens is 2. The summed E-state index contributed by atoms with van der Waals surface area (Å²) in [4.78, 5) is 11.1. The van der Waals surface area contributed by atoms with Crippen LogP contribution in [0.15, 0.2) is 29.2 Å². The molecule has 0 atom stereocenters. The van der Waals surface area contributed by atoms with E-state index in [1.54, 1.807) is 0 Å². The van der Waals surface area contributed by atoms with Crippen molar-refractivity contribution in [3.8, 4) is 0 Å². The topological polar surface area (TPSA) is 88.2 Å². The van der Waals surface area contributed by atoms with Gasteiger partial charge in [-0.25, -0.2) is 26.9 Å². The predicted octanol–water partition coefficient (Wildman–Crippen LogP) is 2.70. The number of anilines is 2. The van der Waals surface area contributed by atoms with Gasteiger partial charge in [0.2, 0.25) is 5.95 Å². The van der Waals surface area contributed by atoms with Crippen LogP contribution in [-0.2, 0) is 6.54 Å². The van der Waals surface area contributed by atoms with Gasteiger partial charge in [-0.3, -0.25) is 4.99 Å². The molecule has 0 aliphatic rings. The first-order chi connectivity index (χ1) is 12.4. The standard InChI is InChI=1S/C15H13F5N6/c1-22-4-7(3-21)25-15-24-6-11(18)14(26-15)23-5-8-12(19)9(16)2-10(17)13(8)20/h2-4,6H,5,21H2,1H3,(H2,23,24,25,26)/b7-3+,22-4?. The van der Waals surface area contributed by atoms with Crippen LogP contribution in [0.25, 0.3) is 0 Å². The first-order valence-corrected chi connectivity index (χ1v) is 7.06. The lowest BCUT2D eigenvalue weighted by molar-refractivity contribution is 0.440. The summed E-state index contributed by atoms with van der Waals surface area (Å²) in [6.45, 7) is -0.754. The number of nitrogens with zero attached hydrogens (tertiary/aromatic N) is 3. The summed E-state index contributed by atoms with van der Waals surface area (Å²) in [5, 5.41) is 4.89. The zero-order chi connectivity index (χ0) is 19.3. The Hall–Kier alpha value is -3.24. The average molecular weight is 372 g/mol. The second-order valence-electron chi connectivity index (χ2n) is 4.82. The van der Waals surface area contributed by atoms with Crippen LogP contribution in [0.1, 0.15) is 5.56 Å². The number of allylic oxidation sites excluding steroid dienone is 1. The van der Waals surface area contributed by atoms with E-state index in [9.17, 15) is 22.0 Å². The fourth-order valence-electron chi connectivity index (χ4n) is 1.89. The van der Waals surface area contributed by atoms with Crippen LogP contribution in [0.2, 0.25) is 0 Å². The molecule has 0 fully saturated rings. The molecule has 0 saturated carbocycles. The molecule has 0 amide bonds. The third-order valence-corrected chi connectivity index (χ3v) is 3.08. The van der Waals surface area contributed by atoms with Crippen molar-refractivity contribution >= 4 is 18.0 Å². The van der Waals surface area contributed by atoms with Crippen molar-refractivity contribution < 1.29 is 22.0 Å². The van der Waals surface area contributed by atoms with E-state index >= 15 is 0 Å². The van der Waals surface area contributed by atoms with E-state index in [-0.39, 0.29) is 12.0 Å². The first-order valence-electron chi connectivity index (χ1n) is 7.06. The second-order valence-corrected chi connectivity index (χ2v) is 4.82. The molecule has 0 aliphatic carbocycles. The highest BCUT2D eigenvalue weighted by Crippen LogP contribution is 2.21. The number of hydrogen-bond donors (Lipinski definition) is 3. The number of benzene rings is 1.